The predicted octanol–water partition coefficient (Wildman–Crippen LogP) is 2.30. The molecule has 0 atom stereocenters. The molecule has 2 heterocycles. The van der Waals surface area contributed by atoms with Gasteiger partial charge in [0.2, 0.25) is 11.6 Å². The third-order valence-corrected chi connectivity index (χ3v) is 1.77. The standard InChI is InChI=1S/C10H8N4O2/c15-7-3-1-5-11-9(7)13-14-10-8(16)4-2-6-12-10/h1-6,15-16H/b14-13+. The van der Waals surface area contributed by atoms with Gasteiger partial charge < -0.3 is 10.2 Å². The molecule has 6 heteroatoms. The van der Waals surface area contributed by atoms with Crippen molar-refractivity contribution in [2.24, 2.45) is 10.2 Å². The first-order chi connectivity index (χ1) is 7.77. The first-order valence-corrected chi connectivity index (χ1v) is 4.47. The van der Waals surface area contributed by atoms with Gasteiger partial charge in [-0.3, -0.25) is 0 Å². The summed E-state index contributed by atoms with van der Waals surface area (Å²) in [4.78, 5) is 7.61. The first-order valence-electron chi connectivity index (χ1n) is 4.47. The molecule has 0 fully saturated rings. The molecule has 0 bridgehead atoms. The van der Waals surface area contributed by atoms with Crippen molar-refractivity contribution in [3.8, 4) is 11.5 Å². The Labute approximate surface area is 91.0 Å². The summed E-state index contributed by atoms with van der Waals surface area (Å²) in [7, 11) is 0. The Morgan fingerprint density at radius 2 is 1.25 bits per heavy atom. The zero-order valence-corrected chi connectivity index (χ0v) is 8.15. The van der Waals surface area contributed by atoms with Gasteiger partial charge in [0.1, 0.15) is 0 Å². The highest BCUT2D eigenvalue weighted by molar-refractivity contribution is 5.45. The third-order valence-electron chi connectivity index (χ3n) is 1.77. The van der Waals surface area contributed by atoms with Gasteiger partial charge in [0.15, 0.2) is 11.5 Å². The van der Waals surface area contributed by atoms with Crippen LogP contribution in [0.4, 0.5) is 11.6 Å². The molecular formula is C10H8N4O2. The molecule has 0 saturated heterocycles. The van der Waals surface area contributed by atoms with E-state index in [-0.39, 0.29) is 23.1 Å². The summed E-state index contributed by atoms with van der Waals surface area (Å²) >= 11 is 0. The van der Waals surface area contributed by atoms with Crippen molar-refractivity contribution >= 4 is 11.6 Å². The smallest absolute Gasteiger partial charge is 0.216 e. The highest BCUT2D eigenvalue weighted by Crippen LogP contribution is 2.27. The van der Waals surface area contributed by atoms with Crippen LogP contribution in [0.1, 0.15) is 0 Å². The Balaban J connectivity index is 2.29. The van der Waals surface area contributed by atoms with E-state index in [0.29, 0.717) is 0 Å². The fourth-order valence-electron chi connectivity index (χ4n) is 1.03. The molecule has 0 aliphatic rings. The monoisotopic (exact) mass is 216 g/mol. The van der Waals surface area contributed by atoms with Crippen molar-refractivity contribution in [1.82, 2.24) is 9.97 Å². The van der Waals surface area contributed by atoms with E-state index in [1.807, 2.05) is 0 Å². The van der Waals surface area contributed by atoms with E-state index in [1.165, 1.54) is 24.5 Å². The molecule has 6 nitrogen and oxygen atoms in total. The number of hydrogen-bond donors (Lipinski definition) is 2. The van der Waals surface area contributed by atoms with Crippen LogP contribution in [-0.4, -0.2) is 20.2 Å². The molecule has 2 aromatic heterocycles. The van der Waals surface area contributed by atoms with Crippen LogP contribution in [0.15, 0.2) is 46.9 Å². The molecule has 0 saturated carbocycles. The third kappa shape index (κ3) is 2.11. The van der Waals surface area contributed by atoms with Crippen LogP contribution >= 0.6 is 0 Å². The number of pyridine rings is 2. The maximum absolute atomic E-state index is 9.36. The summed E-state index contributed by atoms with van der Waals surface area (Å²) in [6, 6.07) is 6.04. The summed E-state index contributed by atoms with van der Waals surface area (Å²) in [6.45, 7) is 0. The van der Waals surface area contributed by atoms with Gasteiger partial charge in [-0.25, -0.2) is 9.97 Å². The molecule has 2 N–H and O–H groups in total. The minimum absolute atomic E-state index is 0.0764. The van der Waals surface area contributed by atoms with Crippen LogP contribution in [0.3, 0.4) is 0 Å². The summed E-state index contributed by atoms with van der Waals surface area (Å²) in [6.07, 6.45) is 2.96. The molecule has 0 spiro atoms. The minimum Gasteiger partial charge on any atom is -0.504 e. The van der Waals surface area contributed by atoms with Gasteiger partial charge >= 0.3 is 0 Å². The van der Waals surface area contributed by atoms with Gasteiger partial charge in [-0.1, -0.05) is 0 Å². The van der Waals surface area contributed by atoms with Crippen molar-refractivity contribution in [3.63, 3.8) is 0 Å². The van der Waals surface area contributed by atoms with Crippen molar-refractivity contribution in [2.75, 3.05) is 0 Å². The second-order valence-corrected chi connectivity index (χ2v) is 2.89. The lowest BCUT2D eigenvalue weighted by atomic mass is 10.4. The van der Waals surface area contributed by atoms with Crippen LogP contribution in [0, 0.1) is 0 Å². The number of nitrogens with zero attached hydrogens (tertiary/aromatic N) is 4. The molecular weight excluding hydrogens is 208 g/mol. The van der Waals surface area contributed by atoms with Crippen LogP contribution in [0.2, 0.25) is 0 Å². The van der Waals surface area contributed by atoms with Crippen LogP contribution < -0.4 is 0 Å². The summed E-state index contributed by atoms with van der Waals surface area (Å²) in [5, 5.41) is 26.1. The average molecular weight is 216 g/mol. The maximum Gasteiger partial charge on any atom is 0.216 e. The molecule has 0 radical (unpaired) electrons. The number of azo groups is 1. The molecule has 2 rings (SSSR count). The van der Waals surface area contributed by atoms with Gasteiger partial charge in [-0.05, 0) is 24.3 Å². The topological polar surface area (TPSA) is 91.0 Å². The highest BCUT2D eigenvalue weighted by Gasteiger charge is 2.01. The number of aromatic hydroxyl groups is 2. The van der Waals surface area contributed by atoms with E-state index in [9.17, 15) is 10.2 Å². The Morgan fingerprint density at radius 3 is 1.62 bits per heavy atom. The second kappa shape index (κ2) is 4.35. The van der Waals surface area contributed by atoms with Crippen LogP contribution in [0.25, 0.3) is 0 Å². The maximum atomic E-state index is 9.36. The lowest BCUT2D eigenvalue weighted by molar-refractivity contribution is 0.471. The largest absolute Gasteiger partial charge is 0.504 e. The van der Waals surface area contributed by atoms with E-state index in [2.05, 4.69) is 20.2 Å². The molecule has 80 valence electrons. The van der Waals surface area contributed by atoms with E-state index < -0.39 is 0 Å². The Morgan fingerprint density at radius 1 is 0.812 bits per heavy atom. The van der Waals surface area contributed by atoms with Gasteiger partial charge in [0.05, 0.1) is 0 Å². The van der Waals surface area contributed by atoms with Crippen LogP contribution in [0.5, 0.6) is 11.5 Å². The Bertz CT molecular complexity index is 480. The van der Waals surface area contributed by atoms with Gasteiger partial charge in [-0.15, -0.1) is 10.2 Å². The zero-order chi connectivity index (χ0) is 11.4. The van der Waals surface area contributed by atoms with Crippen molar-refractivity contribution in [3.05, 3.63) is 36.7 Å². The molecule has 16 heavy (non-hydrogen) atoms. The van der Waals surface area contributed by atoms with Crippen molar-refractivity contribution < 1.29 is 10.2 Å². The Hall–Kier alpha value is -2.50. The fourth-order valence-corrected chi connectivity index (χ4v) is 1.03. The highest BCUT2D eigenvalue weighted by atomic mass is 16.3. The molecule has 2 aromatic rings. The summed E-state index contributed by atoms with van der Waals surface area (Å²) < 4.78 is 0. The second-order valence-electron chi connectivity index (χ2n) is 2.89. The SMILES string of the molecule is Oc1cccnc1/N=N/c1ncccc1O. The summed E-state index contributed by atoms with van der Waals surface area (Å²) in [5.74, 6) is -0.0107. The molecule has 0 unspecified atom stereocenters. The fraction of sp³-hybridized carbons (Fsp3) is 0. The van der Waals surface area contributed by atoms with Crippen LogP contribution in [-0.2, 0) is 0 Å². The number of aromatic nitrogens is 2. The van der Waals surface area contributed by atoms with E-state index >= 15 is 0 Å². The zero-order valence-electron chi connectivity index (χ0n) is 8.15. The predicted molar refractivity (Wildman–Crippen MR) is 56.0 cm³/mol. The molecule has 0 amide bonds. The van der Waals surface area contributed by atoms with Crippen molar-refractivity contribution in [1.29, 1.82) is 0 Å². The molecule has 0 aliphatic heterocycles. The normalized spacial score (nSPS) is 10.8. The van der Waals surface area contributed by atoms with Gasteiger partial charge in [-0.2, -0.15) is 0 Å². The van der Waals surface area contributed by atoms with E-state index in [1.54, 1.807) is 12.1 Å². The van der Waals surface area contributed by atoms with Gasteiger partial charge in [0, 0.05) is 12.4 Å². The van der Waals surface area contributed by atoms with E-state index in [4.69, 9.17) is 0 Å². The van der Waals surface area contributed by atoms with Gasteiger partial charge in [0.25, 0.3) is 0 Å². The molecule has 0 aliphatic carbocycles. The van der Waals surface area contributed by atoms with Crippen molar-refractivity contribution in [2.45, 2.75) is 0 Å². The molecule has 0 aromatic carbocycles. The quantitative estimate of drug-likeness (QED) is 0.753. The lowest BCUT2D eigenvalue weighted by Crippen LogP contribution is -1.75. The van der Waals surface area contributed by atoms with E-state index in [0.717, 1.165) is 0 Å². The number of rotatable bonds is 2. The summed E-state index contributed by atoms with van der Waals surface area (Å²) in [5.41, 5.74) is 0. The average Bonchev–Trinajstić information content (AvgIpc) is 2.30. The number of hydrogen-bond acceptors (Lipinski definition) is 6. The minimum atomic E-state index is -0.0818. The first kappa shape index (κ1) is 10.0. The Kier molecular flexibility index (Phi) is 2.73. The lowest BCUT2D eigenvalue weighted by Gasteiger charge is -1.96.